The molecule has 0 radical (unpaired) electrons. The second-order valence-electron chi connectivity index (χ2n) is 5.06. The molecule has 0 aromatic carbocycles. The van der Waals surface area contributed by atoms with Crippen molar-refractivity contribution in [2.45, 2.75) is 37.9 Å². The van der Waals surface area contributed by atoms with Crippen LogP contribution in [-0.4, -0.2) is 31.4 Å². The molecule has 2 rings (SSSR count). The number of carbonyl (C=O) groups is 1. The summed E-state index contributed by atoms with van der Waals surface area (Å²) in [6.45, 7) is 5.02. The maximum Gasteiger partial charge on any atom is 0.313 e. The summed E-state index contributed by atoms with van der Waals surface area (Å²) >= 11 is 1.27. The monoisotopic (exact) mass is 305 g/mol. The molecule has 2 heterocycles. The lowest BCUT2D eigenvalue weighted by Crippen LogP contribution is -2.09. The van der Waals surface area contributed by atoms with Crippen molar-refractivity contribution in [3.05, 3.63) is 42.0 Å². The summed E-state index contributed by atoms with van der Waals surface area (Å²) in [5.41, 5.74) is 2.35. The molecule has 0 saturated carbocycles. The zero-order chi connectivity index (χ0) is 15.2. The zero-order valence-electron chi connectivity index (χ0n) is 12.2. The third kappa shape index (κ3) is 4.32. The van der Waals surface area contributed by atoms with Crippen molar-refractivity contribution in [1.82, 2.24) is 14.5 Å². The first-order valence-corrected chi connectivity index (χ1v) is 7.85. The topological polar surface area (TPSA) is 68.0 Å². The van der Waals surface area contributed by atoms with Crippen molar-refractivity contribution in [2.24, 2.45) is 0 Å². The Hall–Kier alpha value is -1.82. The van der Waals surface area contributed by atoms with Gasteiger partial charge in [-0.05, 0) is 30.0 Å². The van der Waals surface area contributed by atoms with Gasteiger partial charge in [-0.2, -0.15) is 0 Å². The van der Waals surface area contributed by atoms with Gasteiger partial charge in [-0.3, -0.25) is 9.78 Å². The van der Waals surface area contributed by atoms with Crippen molar-refractivity contribution in [2.75, 3.05) is 5.75 Å². The molecule has 2 aromatic heterocycles. The molecule has 0 bridgehead atoms. The number of hydrogen-bond acceptors (Lipinski definition) is 4. The predicted molar refractivity (Wildman–Crippen MR) is 82.6 cm³/mol. The van der Waals surface area contributed by atoms with Crippen molar-refractivity contribution in [3.8, 4) is 0 Å². The fourth-order valence-electron chi connectivity index (χ4n) is 2.09. The Balaban J connectivity index is 2.14. The highest BCUT2D eigenvalue weighted by molar-refractivity contribution is 7.99. The molecule has 5 nitrogen and oxygen atoms in total. The number of aromatic nitrogens is 3. The van der Waals surface area contributed by atoms with Gasteiger partial charge in [0.15, 0.2) is 5.16 Å². The average molecular weight is 305 g/mol. The van der Waals surface area contributed by atoms with E-state index in [-0.39, 0.29) is 5.75 Å². The number of aliphatic carboxylic acids is 1. The van der Waals surface area contributed by atoms with Gasteiger partial charge < -0.3 is 9.67 Å². The second-order valence-corrected chi connectivity index (χ2v) is 6.00. The summed E-state index contributed by atoms with van der Waals surface area (Å²) in [5, 5.41) is 9.60. The first-order chi connectivity index (χ1) is 10.1. The van der Waals surface area contributed by atoms with Gasteiger partial charge in [-0.15, -0.1) is 0 Å². The first kappa shape index (κ1) is 15.6. The van der Waals surface area contributed by atoms with Gasteiger partial charge in [-0.1, -0.05) is 25.6 Å². The summed E-state index contributed by atoms with van der Waals surface area (Å²) in [4.78, 5) is 19.1. The fraction of sp³-hybridized carbons (Fsp3) is 0.400. The number of hydrogen-bond donors (Lipinski definition) is 1. The molecule has 2 aromatic rings. The lowest BCUT2D eigenvalue weighted by Gasteiger charge is -2.13. The summed E-state index contributed by atoms with van der Waals surface area (Å²) in [7, 11) is 0. The Morgan fingerprint density at radius 1 is 1.38 bits per heavy atom. The summed E-state index contributed by atoms with van der Waals surface area (Å²) < 4.78 is 2.12. The number of carboxylic acid groups (broad SMARTS) is 1. The highest BCUT2D eigenvalue weighted by atomic mass is 32.2. The normalized spacial score (nSPS) is 11.0. The van der Waals surface area contributed by atoms with Crippen LogP contribution in [0.25, 0.3) is 0 Å². The van der Waals surface area contributed by atoms with Crippen LogP contribution in [0, 0.1) is 0 Å². The SMILES string of the molecule is CC(C)c1cnc(SCC(=O)O)n1CCc1ccncc1. The minimum absolute atomic E-state index is 0.0316. The molecule has 0 saturated heterocycles. The molecule has 0 amide bonds. The molecular weight excluding hydrogens is 286 g/mol. The van der Waals surface area contributed by atoms with Gasteiger partial charge >= 0.3 is 5.97 Å². The molecule has 0 fully saturated rings. The molecule has 1 N–H and O–H groups in total. The summed E-state index contributed by atoms with van der Waals surface area (Å²) in [5.74, 6) is -0.437. The van der Waals surface area contributed by atoms with E-state index in [1.165, 1.54) is 17.3 Å². The van der Waals surface area contributed by atoms with Crippen LogP contribution in [0.1, 0.15) is 31.0 Å². The molecule has 0 unspecified atom stereocenters. The molecule has 6 heteroatoms. The van der Waals surface area contributed by atoms with E-state index in [4.69, 9.17) is 5.11 Å². The van der Waals surface area contributed by atoms with E-state index in [2.05, 4.69) is 28.4 Å². The molecule has 0 spiro atoms. The Bertz CT molecular complexity index is 596. The van der Waals surface area contributed by atoms with Crippen LogP contribution in [0.15, 0.2) is 35.9 Å². The number of thioether (sulfide) groups is 1. The van der Waals surface area contributed by atoms with Crippen molar-refractivity contribution in [1.29, 1.82) is 0 Å². The minimum atomic E-state index is -0.824. The number of rotatable bonds is 7. The standard InChI is InChI=1S/C15H19N3O2S/c1-11(2)13-9-17-15(21-10-14(19)20)18(13)8-5-12-3-6-16-7-4-12/h3-4,6-7,9,11H,5,8,10H2,1-2H3,(H,19,20). The number of imidazole rings is 1. The fourth-order valence-corrected chi connectivity index (χ4v) is 2.82. The maximum atomic E-state index is 10.7. The van der Waals surface area contributed by atoms with E-state index in [1.54, 1.807) is 12.4 Å². The Morgan fingerprint density at radius 2 is 2.10 bits per heavy atom. The molecule has 21 heavy (non-hydrogen) atoms. The first-order valence-electron chi connectivity index (χ1n) is 6.87. The highest BCUT2D eigenvalue weighted by Crippen LogP contribution is 2.23. The Morgan fingerprint density at radius 3 is 2.71 bits per heavy atom. The summed E-state index contributed by atoms with van der Waals surface area (Å²) in [6.07, 6.45) is 6.29. The predicted octanol–water partition coefficient (Wildman–Crippen LogP) is 2.82. The quantitative estimate of drug-likeness (QED) is 0.797. The number of carboxylic acids is 1. The van der Waals surface area contributed by atoms with E-state index >= 15 is 0 Å². The van der Waals surface area contributed by atoms with Crippen molar-refractivity contribution >= 4 is 17.7 Å². The number of nitrogens with zero attached hydrogens (tertiary/aromatic N) is 3. The van der Waals surface area contributed by atoms with Crippen LogP contribution in [0.2, 0.25) is 0 Å². The molecule has 0 aliphatic rings. The molecule has 0 aliphatic heterocycles. The van der Waals surface area contributed by atoms with Crippen molar-refractivity contribution < 1.29 is 9.90 Å². The largest absolute Gasteiger partial charge is 0.481 e. The van der Waals surface area contributed by atoms with Gasteiger partial charge in [-0.25, -0.2) is 4.98 Å². The molecule has 0 atom stereocenters. The van der Waals surface area contributed by atoms with Gasteiger partial charge in [0.05, 0.1) is 5.75 Å². The number of pyridine rings is 1. The lowest BCUT2D eigenvalue weighted by atomic mass is 10.1. The second kappa shape index (κ2) is 7.26. The molecule has 0 aliphatic carbocycles. The molecular formula is C15H19N3O2S. The average Bonchev–Trinajstić information content (AvgIpc) is 2.87. The smallest absolute Gasteiger partial charge is 0.313 e. The van der Waals surface area contributed by atoms with Gasteiger partial charge in [0.25, 0.3) is 0 Å². The maximum absolute atomic E-state index is 10.7. The summed E-state index contributed by atoms with van der Waals surface area (Å²) in [6, 6.07) is 3.99. The van der Waals surface area contributed by atoms with Crippen LogP contribution in [0.4, 0.5) is 0 Å². The number of aryl methyl sites for hydroxylation is 1. The van der Waals surface area contributed by atoms with Gasteiger partial charge in [0.1, 0.15) is 0 Å². The van der Waals surface area contributed by atoms with Crippen LogP contribution in [-0.2, 0) is 17.8 Å². The highest BCUT2D eigenvalue weighted by Gasteiger charge is 2.14. The molecule has 112 valence electrons. The Kier molecular flexibility index (Phi) is 5.38. The van der Waals surface area contributed by atoms with Crippen LogP contribution < -0.4 is 0 Å². The van der Waals surface area contributed by atoms with Crippen molar-refractivity contribution in [3.63, 3.8) is 0 Å². The van der Waals surface area contributed by atoms with E-state index < -0.39 is 5.97 Å². The van der Waals surface area contributed by atoms with E-state index in [9.17, 15) is 4.79 Å². The van der Waals surface area contributed by atoms with Crippen LogP contribution in [0.3, 0.4) is 0 Å². The Labute approximate surface area is 128 Å². The van der Waals surface area contributed by atoms with Gasteiger partial charge in [0.2, 0.25) is 0 Å². The zero-order valence-corrected chi connectivity index (χ0v) is 13.0. The van der Waals surface area contributed by atoms with Crippen LogP contribution >= 0.6 is 11.8 Å². The van der Waals surface area contributed by atoms with Gasteiger partial charge in [0, 0.05) is 30.8 Å². The van der Waals surface area contributed by atoms with E-state index in [0.29, 0.717) is 5.92 Å². The van der Waals surface area contributed by atoms with Crippen LogP contribution in [0.5, 0.6) is 0 Å². The van der Waals surface area contributed by atoms with E-state index in [1.807, 2.05) is 18.3 Å². The third-order valence-corrected chi connectivity index (χ3v) is 4.11. The minimum Gasteiger partial charge on any atom is -0.481 e. The third-order valence-electron chi connectivity index (χ3n) is 3.14. The lowest BCUT2D eigenvalue weighted by molar-refractivity contribution is -0.133. The van der Waals surface area contributed by atoms with E-state index in [0.717, 1.165) is 23.8 Å².